The van der Waals surface area contributed by atoms with Crippen molar-refractivity contribution in [3.63, 3.8) is 0 Å². The third-order valence-electron chi connectivity index (χ3n) is 3.30. The van der Waals surface area contributed by atoms with E-state index in [0.29, 0.717) is 30.2 Å². The molecule has 5 heteroatoms. The molecule has 0 radical (unpaired) electrons. The van der Waals surface area contributed by atoms with Gasteiger partial charge in [0, 0.05) is 0 Å². The first-order valence-electron chi connectivity index (χ1n) is 7.62. The van der Waals surface area contributed by atoms with E-state index < -0.39 is 5.97 Å². The minimum Gasteiger partial charge on any atom is -0.491 e. The summed E-state index contributed by atoms with van der Waals surface area (Å²) in [5.41, 5.74) is 6.32. The predicted octanol–water partition coefficient (Wildman–Crippen LogP) is 3.19. The molecule has 2 rings (SSSR count). The fraction of sp³-hybridized carbons (Fsp3) is 0.211. The van der Waals surface area contributed by atoms with Crippen LogP contribution >= 0.6 is 0 Å². The molecule has 2 aromatic rings. The molecule has 24 heavy (non-hydrogen) atoms. The van der Waals surface area contributed by atoms with Crippen LogP contribution in [0.5, 0.6) is 5.75 Å². The molecule has 0 fully saturated rings. The Hall–Kier alpha value is -2.79. The number of ether oxygens (including phenoxy) is 1. The Bertz CT molecular complexity index is 695. The summed E-state index contributed by atoms with van der Waals surface area (Å²) in [5, 5.41) is 8.79. The van der Waals surface area contributed by atoms with Crippen LogP contribution < -0.4 is 10.2 Å². The van der Waals surface area contributed by atoms with Crippen LogP contribution in [0, 0.1) is 6.92 Å². The van der Waals surface area contributed by atoms with Gasteiger partial charge in [-0.15, -0.1) is 0 Å². The van der Waals surface area contributed by atoms with Gasteiger partial charge < -0.3 is 9.84 Å². The SMILES string of the molecule is C=C(NOCCOc1cccc(CC(=O)O)c1)c1ccc(C)cc1. The molecule has 5 nitrogen and oxygen atoms in total. The third kappa shape index (κ3) is 5.78. The number of rotatable bonds is 9. The van der Waals surface area contributed by atoms with Crippen molar-refractivity contribution < 1.29 is 19.5 Å². The molecule has 0 aliphatic rings. The monoisotopic (exact) mass is 327 g/mol. The highest BCUT2D eigenvalue weighted by Gasteiger charge is 2.02. The van der Waals surface area contributed by atoms with Crippen molar-refractivity contribution in [1.29, 1.82) is 0 Å². The molecule has 0 aliphatic carbocycles. The van der Waals surface area contributed by atoms with Crippen LogP contribution in [-0.4, -0.2) is 24.3 Å². The highest BCUT2D eigenvalue weighted by Crippen LogP contribution is 2.14. The van der Waals surface area contributed by atoms with Gasteiger partial charge in [0.2, 0.25) is 0 Å². The lowest BCUT2D eigenvalue weighted by atomic mass is 10.1. The van der Waals surface area contributed by atoms with Gasteiger partial charge in [0.05, 0.1) is 12.1 Å². The van der Waals surface area contributed by atoms with Gasteiger partial charge in [-0.3, -0.25) is 15.1 Å². The molecular formula is C19H21NO4. The van der Waals surface area contributed by atoms with Crippen LogP contribution in [0.3, 0.4) is 0 Å². The molecule has 2 N–H and O–H groups in total. The second kappa shape index (κ2) is 8.74. The number of benzene rings is 2. The lowest BCUT2D eigenvalue weighted by Gasteiger charge is -2.11. The molecule has 0 heterocycles. The summed E-state index contributed by atoms with van der Waals surface area (Å²) in [6.07, 6.45) is -0.0222. The molecule has 0 amide bonds. The minimum atomic E-state index is -0.866. The van der Waals surface area contributed by atoms with Crippen LogP contribution in [0.1, 0.15) is 16.7 Å². The van der Waals surface area contributed by atoms with Gasteiger partial charge >= 0.3 is 5.97 Å². The first kappa shape index (κ1) is 17.6. The molecule has 126 valence electrons. The molecule has 0 unspecified atom stereocenters. The Kier molecular flexibility index (Phi) is 6.40. The number of aliphatic carboxylic acids is 1. The maximum Gasteiger partial charge on any atom is 0.307 e. The summed E-state index contributed by atoms with van der Waals surface area (Å²) >= 11 is 0. The van der Waals surface area contributed by atoms with Crippen LogP contribution in [0.15, 0.2) is 55.1 Å². The second-order valence-corrected chi connectivity index (χ2v) is 5.36. The van der Waals surface area contributed by atoms with E-state index in [1.54, 1.807) is 24.3 Å². The normalized spacial score (nSPS) is 10.2. The zero-order valence-corrected chi connectivity index (χ0v) is 13.6. The summed E-state index contributed by atoms with van der Waals surface area (Å²) in [7, 11) is 0. The maximum absolute atomic E-state index is 10.7. The van der Waals surface area contributed by atoms with Gasteiger partial charge in [-0.05, 0) is 30.2 Å². The van der Waals surface area contributed by atoms with E-state index in [-0.39, 0.29) is 6.42 Å². The standard InChI is InChI=1S/C19H21NO4/c1-14-6-8-17(9-7-14)15(2)20-24-11-10-23-18-5-3-4-16(12-18)13-19(21)22/h3-9,12,20H,2,10-11,13H2,1H3,(H,21,22). The molecule has 0 saturated carbocycles. The molecule has 0 aliphatic heterocycles. The van der Waals surface area contributed by atoms with Crippen molar-refractivity contribution in [1.82, 2.24) is 5.48 Å². The molecule has 0 aromatic heterocycles. The van der Waals surface area contributed by atoms with E-state index >= 15 is 0 Å². The smallest absolute Gasteiger partial charge is 0.307 e. The van der Waals surface area contributed by atoms with Crippen LogP contribution in [-0.2, 0) is 16.1 Å². The number of nitrogens with one attached hydrogen (secondary N) is 1. The molecule has 0 saturated heterocycles. The quantitative estimate of drug-likeness (QED) is 0.547. The molecule has 2 aromatic carbocycles. The average molecular weight is 327 g/mol. The number of hydrogen-bond acceptors (Lipinski definition) is 4. The Labute approximate surface area is 141 Å². The van der Waals surface area contributed by atoms with Crippen molar-refractivity contribution in [2.75, 3.05) is 13.2 Å². The fourth-order valence-electron chi connectivity index (χ4n) is 2.07. The lowest BCUT2D eigenvalue weighted by molar-refractivity contribution is -0.136. The van der Waals surface area contributed by atoms with E-state index in [0.717, 1.165) is 5.56 Å². The van der Waals surface area contributed by atoms with Crippen LogP contribution in [0.2, 0.25) is 0 Å². The Morgan fingerprint density at radius 1 is 1.17 bits per heavy atom. The highest BCUT2D eigenvalue weighted by atomic mass is 16.7. The van der Waals surface area contributed by atoms with Gasteiger partial charge in [-0.25, -0.2) is 0 Å². The van der Waals surface area contributed by atoms with Crippen LogP contribution in [0.4, 0.5) is 0 Å². The van der Waals surface area contributed by atoms with E-state index in [4.69, 9.17) is 14.7 Å². The van der Waals surface area contributed by atoms with E-state index in [1.807, 2.05) is 31.2 Å². The van der Waals surface area contributed by atoms with Gasteiger partial charge in [0.15, 0.2) is 0 Å². The topological polar surface area (TPSA) is 67.8 Å². The number of carbonyl (C=O) groups is 1. The number of hydrogen-bond donors (Lipinski definition) is 2. The van der Waals surface area contributed by atoms with Crippen molar-refractivity contribution >= 4 is 11.7 Å². The third-order valence-corrected chi connectivity index (χ3v) is 3.30. The number of aryl methyl sites for hydroxylation is 1. The Morgan fingerprint density at radius 2 is 1.92 bits per heavy atom. The maximum atomic E-state index is 10.7. The predicted molar refractivity (Wildman–Crippen MR) is 92.6 cm³/mol. The van der Waals surface area contributed by atoms with E-state index in [1.165, 1.54) is 5.56 Å². The summed E-state index contributed by atoms with van der Waals surface area (Å²) < 4.78 is 5.54. The van der Waals surface area contributed by atoms with Gasteiger partial charge in [-0.1, -0.05) is 48.5 Å². The summed E-state index contributed by atoms with van der Waals surface area (Å²) in [6, 6.07) is 15.0. The zero-order valence-electron chi connectivity index (χ0n) is 13.6. The molecular weight excluding hydrogens is 306 g/mol. The minimum absolute atomic E-state index is 0.0222. The molecule has 0 spiro atoms. The van der Waals surface area contributed by atoms with Crippen molar-refractivity contribution in [2.45, 2.75) is 13.3 Å². The Balaban J connectivity index is 1.70. The summed E-state index contributed by atoms with van der Waals surface area (Å²) in [6.45, 7) is 6.61. The largest absolute Gasteiger partial charge is 0.491 e. The fourth-order valence-corrected chi connectivity index (χ4v) is 2.07. The molecule has 0 bridgehead atoms. The van der Waals surface area contributed by atoms with E-state index in [9.17, 15) is 4.79 Å². The van der Waals surface area contributed by atoms with Crippen molar-refractivity contribution in [3.8, 4) is 5.75 Å². The number of carboxylic acid groups (broad SMARTS) is 1. The summed E-state index contributed by atoms with van der Waals surface area (Å²) in [4.78, 5) is 16.0. The van der Waals surface area contributed by atoms with Gasteiger partial charge in [0.1, 0.15) is 19.0 Å². The second-order valence-electron chi connectivity index (χ2n) is 5.36. The Morgan fingerprint density at radius 3 is 2.62 bits per heavy atom. The first-order valence-corrected chi connectivity index (χ1v) is 7.62. The van der Waals surface area contributed by atoms with Crippen LogP contribution in [0.25, 0.3) is 5.70 Å². The average Bonchev–Trinajstić information content (AvgIpc) is 2.55. The molecule has 0 atom stereocenters. The zero-order chi connectivity index (χ0) is 17.4. The van der Waals surface area contributed by atoms with Crippen molar-refractivity contribution in [2.24, 2.45) is 0 Å². The number of hydroxylamine groups is 1. The first-order chi connectivity index (χ1) is 11.5. The van der Waals surface area contributed by atoms with E-state index in [2.05, 4.69) is 12.1 Å². The highest BCUT2D eigenvalue weighted by molar-refractivity contribution is 5.70. The van der Waals surface area contributed by atoms with Gasteiger partial charge in [-0.2, -0.15) is 0 Å². The number of carboxylic acids is 1. The van der Waals surface area contributed by atoms with Gasteiger partial charge in [0.25, 0.3) is 0 Å². The summed E-state index contributed by atoms with van der Waals surface area (Å²) in [5.74, 6) is -0.246. The lowest BCUT2D eigenvalue weighted by Crippen LogP contribution is -2.17. The van der Waals surface area contributed by atoms with Crippen molar-refractivity contribution in [3.05, 3.63) is 71.8 Å².